The number of carbonyl (C=O) groups excluding carboxylic acids is 1. The highest BCUT2D eigenvalue weighted by molar-refractivity contribution is 7.89. The molecule has 140 valence electrons. The summed E-state index contributed by atoms with van der Waals surface area (Å²) >= 11 is 0. The number of carbonyl (C=O) groups is 1. The quantitative estimate of drug-likeness (QED) is 0.869. The maximum atomic E-state index is 12.8. The molecule has 3 rings (SSSR count). The standard InChI is InChI=1S/C18H24N4O3S/c1-21-13-12-17(20-21)19-18(23)14-8-10-16(11-9-14)26(24,25)22(2)15-6-4-3-5-7-15/h8-13,15H,3-7H2,1-2H3,(H,19,20,23). The molecule has 1 aromatic carbocycles. The molecule has 0 radical (unpaired) electrons. The van der Waals surface area contributed by atoms with Gasteiger partial charge in [0.1, 0.15) is 0 Å². The molecular weight excluding hydrogens is 352 g/mol. The number of amides is 1. The van der Waals surface area contributed by atoms with E-state index in [-0.39, 0.29) is 16.8 Å². The molecular formula is C18H24N4O3S. The second-order valence-electron chi connectivity index (χ2n) is 6.67. The summed E-state index contributed by atoms with van der Waals surface area (Å²) in [6.45, 7) is 0. The van der Waals surface area contributed by atoms with E-state index in [1.54, 1.807) is 31.0 Å². The van der Waals surface area contributed by atoms with Crippen LogP contribution < -0.4 is 5.32 Å². The van der Waals surface area contributed by atoms with Crippen molar-refractivity contribution in [3.8, 4) is 0 Å². The highest BCUT2D eigenvalue weighted by atomic mass is 32.2. The van der Waals surface area contributed by atoms with E-state index in [4.69, 9.17) is 0 Å². The summed E-state index contributed by atoms with van der Waals surface area (Å²) in [6.07, 6.45) is 6.84. The summed E-state index contributed by atoms with van der Waals surface area (Å²) in [6, 6.07) is 7.78. The Labute approximate surface area is 154 Å². The van der Waals surface area contributed by atoms with Crippen molar-refractivity contribution in [1.29, 1.82) is 0 Å². The Kier molecular flexibility index (Phi) is 5.43. The summed E-state index contributed by atoms with van der Waals surface area (Å²) in [7, 11) is -0.143. The fourth-order valence-electron chi connectivity index (χ4n) is 3.26. The number of rotatable bonds is 5. The molecule has 1 aliphatic carbocycles. The minimum atomic E-state index is -3.55. The molecule has 2 aromatic rings. The first-order valence-corrected chi connectivity index (χ1v) is 10.2. The van der Waals surface area contributed by atoms with E-state index >= 15 is 0 Å². The predicted octanol–water partition coefficient (Wildman–Crippen LogP) is 2.63. The van der Waals surface area contributed by atoms with Gasteiger partial charge in [0.05, 0.1) is 4.90 Å². The monoisotopic (exact) mass is 376 g/mol. The number of anilines is 1. The summed E-state index contributed by atoms with van der Waals surface area (Å²) in [5, 5.41) is 6.77. The van der Waals surface area contributed by atoms with Crippen molar-refractivity contribution in [1.82, 2.24) is 14.1 Å². The van der Waals surface area contributed by atoms with E-state index in [9.17, 15) is 13.2 Å². The van der Waals surface area contributed by atoms with Crippen molar-refractivity contribution in [2.75, 3.05) is 12.4 Å². The van der Waals surface area contributed by atoms with Gasteiger partial charge in [-0.2, -0.15) is 9.40 Å². The van der Waals surface area contributed by atoms with Gasteiger partial charge in [0.15, 0.2) is 5.82 Å². The van der Waals surface area contributed by atoms with Crippen LogP contribution in [0.1, 0.15) is 42.5 Å². The summed E-state index contributed by atoms with van der Waals surface area (Å²) in [5.41, 5.74) is 0.384. The van der Waals surface area contributed by atoms with Gasteiger partial charge >= 0.3 is 0 Å². The van der Waals surface area contributed by atoms with Crippen LogP contribution in [-0.2, 0) is 17.1 Å². The van der Waals surface area contributed by atoms with Gasteiger partial charge in [-0.1, -0.05) is 19.3 Å². The number of aryl methyl sites for hydroxylation is 1. The Balaban J connectivity index is 1.72. The molecule has 1 amide bonds. The van der Waals surface area contributed by atoms with Crippen LogP contribution >= 0.6 is 0 Å². The Bertz CT molecular complexity index is 868. The van der Waals surface area contributed by atoms with E-state index < -0.39 is 10.0 Å². The first-order valence-electron chi connectivity index (χ1n) is 8.77. The van der Waals surface area contributed by atoms with Crippen LogP contribution in [0.25, 0.3) is 0 Å². The average molecular weight is 376 g/mol. The number of nitrogens with zero attached hydrogens (tertiary/aromatic N) is 3. The summed E-state index contributed by atoms with van der Waals surface area (Å²) < 4.78 is 28.7. The highest BCUT2D eigenvalue weighted by Crippen LogP contribution is 2.26. The van der Waals surface area contributed by atoms with Crippen LogP contribution in [0, 0.1) is 0 Å². The number of aromatic nitrogens is 2. The molecule has 1 aliphatic rings. The molecule has 0 spiro atoms. The number of hydrogen-bond acceptors (Lipinski definition) is 4. The van der Waals surface area contributed by atoms with Crippen molar-refractivity contribution < 1.29 is 13.2 Å². The van der Waals surface area contributed by atoms with Crippen molar-refractivity contribution in [3.63, 3.8) is 0 Å². The first kappa shape index (κ1) is 18.6. The molecule has 1 saturated carbocycles. The molecule has 1 aromatic heterocycles. The Hall–Kier alpha value is -2.19. The molecule has 0 saturated heterocycles. The van der Waals surface area contributed by atoms with Crippen molar-refractivity contribution in [3.05, 3.63) is 42.1 Å². The molecule has 1 fully saturated rings. The fraction of sp³-hybridized carbons (Fsp3) is 0.444. The van der Waals surface area contributed by atoms with E-state index in [1.807, 2.05) is 0 Å². The molecule has 0 bridgehead atoms. The lowest BCUT2D eigenvalue weighted by atomic mass is 9.96. The molecule has 1 heterocycles. The Morgan fingerprint density at radius 3 is 2.38 bits per heavy atom. The SMILES string of the molecule is CN(C1CCCCC1)S(=O)(=O)c1ccc(C(=O)Nc2ccn(C)n2)cc1. The van der Waals surface area contributed by atoms with E-state index in [2.05, 4.69) is 10.4 Å². The molecule has 7 nitrogen and oxygen atoms in total. The Morgan fingerprint density at radius 1 is 1.15 bits per heavy atom. The zero-order valence-corrected chi connectivity index (χ0v) is 15.9. The second kappa shape index (κ2) is 7.59. The van der Waals surface area contributed by atoms with Crippen molar-refractivity contribution >= 4 is 21.7 Å². The van der Waals surface area contributed by atoms with E-state index in [0.717, 1.165) is 25.7 Å². The third-order valence-corrected chi connectivity index (χ3v) is 6.76. The lowest BCUT2D eigenvalue weighted by molar-refractivity contribution is 0.102. The van der Waals surface area contributed by atoms with Gasteiger partial charge in [0.25, 0.3) is 5.91 Å². The third-order valence-electron chi connectivity index (χ3n) is 4.84. The zero-order valence-electron chi connectivity index (χ0n) is 15.1. The largest absolute Gasteiger partial charge is 0.305 e. The van der Waals surface area contributed by atoms with Crippen molar-refractivity contribution in [2.24, 2.45) is 7.05 Å². The zero-order chi connectivity index (χ0) is 18.7. The maximum absolute atomic E-state index is 12.8. The normalized spacial score (nSPS) is 16.0. The minimum Gasteiger partial charge on any atom is -0.305 e. The fourth-order valence-corrected chi connectivity index (χ4v) is 4.67. The molecule has 26 heavy (non-hydrogen) atoms. The van der Waals surface area contributed by atoms with Crippen LogP contribution in [0.5, 0.6) is 0 Å². The highest BCUT2D eigenvalue weighted by Gasteiger charge is 2.29. The lowest BCUT2D eigenvalue weighted by Gasteiger charge is -2.30. The van der Waals surface area contributed by atoms with E-state index in [1.165, 1.54) is 35.0 Å². The summed E-state index contributed by atoms with van der Waals surface area (Å²) in [5.74, 6) is 0.125. The smallest absolute Gasteiger partial charge is 0.256 e. The molecule has 0 aliphatic heterocycles. The first-order chi connectivity index (χ1) is 12.4. The van der Waals surface area contributed by atoms with Crippen LogP contribution in [0.4, 0.5) is 5.82 Å². The summed E-state index contributed by atoms with van der Waals surface area (Å²) in [4.78, 5) is 12.5. The number of benzene rings is 1. The van der Waals surface area contributed by atoms with Gasteiger partial charge in [0, 0.05) is 38.0 Å². The lowest BCUT2D eigenvalue weighted by Crippen LogP contribution is -2.38. The molecule has 8 heteroatoms. The Morgan fingerprint density at radius 2 is 1.81 bits per heavy atom. The predicted molar refractivity (Wildman–Crippen MR) is 99.4 cm³/mol. The second-order valence-corrected chi connectivity index (χ2v) is 8.66. The molecule has 0 atom stereocenters. The topological polar surface area (TPSA) is 84.3 Å². The average Bonchev–Trinajstić information content (AvgIpc) is 3.06. The van der Waals surface area contributed by atoms with Gasteiger partial charge in [0.2, 0.25) is 10.0 Å². The number of sulfonamides is 1. The van der Waals surface area contributed by atoms with Gasteiger partial charge in [-0.15, -0.1) is 0 Å². The van der Waals surface area contributed by atoms with E-state index in [0.29, 0.717) is 11.4 Å². The molecule has 1 N–H and O–H groups in total. The van der Waals surface area contributed by atoms with Crippen LogP contribution in [0.15, 0.2) is 41.4 Å². The van der Waals surface area contributed by atoms with Crippen molar-refractivity contribution in [2.45, 2.75) is 43.0 Å². The third kappa shape index (κ3) is 3.96. The number of nitrogens with one attached hydrogen (secondary N) is 1. The maximum Gasteiger partial charge on any atom is 0.256 e. The van der Waals surface area contributed by atoms with Gasteiger partial charge in [-0.3, -0.25) is 9.48 Å². The van der Waals surface area contributed by atoms with Gasteiger partial charge in [-0.25, -0.2) is 8.42 Å². The van der Waals surface area contributed by atoms with Gasteiger partial charge < -0.3 is 5.32 Å². The van der Waals surface area contributed by atoms with Crippen LogP contribution in [0.2, 0.25) is 0 Å². The van der Waals surface area contributed by atoms with Crippen LogP contribution in [-0.4, -0.2) is 41.5 Å². The number of hydrogen-bond donors (Lipinski definition) is 1. The minimum absolute atomic E-state index is 0.0564. The van der Waals surface area contributed by atoms with Gasteiger partial charge in [-0.05, 0) is 37.1 Å². The molecule has 0 unspecified atom stereocenters. The van der Waals surface area contributed by atoms with Crippen LogP contribution in [0.3, 0.4) is 0 Å².